The zero-order valence-corrected chi connectivity index (χ0v) is 14.5. The van der Waals surface area contributed by atoms with Crippen molar-refractivity contribution < 1.29 is 14.3 Å². The van der Waals surface area contributed by atoms with Gasteiger partial charge in [-0.05, 0) is 42.3 Å². The fourth-order valence-corrected chi connectivity index (χ4v) is 2.46. The molecule has 0 aliphatic carbocycles. The lowest BCUT2D eigenvalue weighted by Crippen LogP contribution is -2.29. The summed E-state index contributed by atoms with van der Waals surface area (Å²) < 4.78 is 10.6. The second-order valence-electron chi connectivity index (χ2n) is 5.56. The minimum absolute atomic E-state index is 0.107. The average molecular weight is 328 g/mol. The minimum Gasteiger partial charge on any atom is -0.497 e. The number of amides is 1. The fourth-order valence-electron chi connectivity index (χ4n) is 2.46. The van der Waals surface area contributed by atoms with Crippen molar-refractivity contribution in [3.8, 4) is 11.5 Å². The van der Waals surface area contributed by atoms with Crippen molar-refractivity contribution in [2.75, 3.05) is 27.8 Å². The van der Waals surface area contributed by atoms with Crippen molar-refractivity contribution in [3.05, 3.63) is 53.9 Å². The Kier molecular flexibility index (Phi) is 6.61. The van der Waals surface area contributed by atoms with E-state index in [-0.39, 0.29) is 5.91 Å². The molecule has 0 fully saturated rings. The highest BCUT2D eigenvalue weighted by Crippen LogP contribution is 2.25. The molecule has 1 aromatic heterocycles. The van der Waals surface area contributed by atoms with Crippen LogP contribution in [0.5, 0.6) is 11.5 Å². The number of carbonyl (C=O) groups excluding carboxylic acids is 1. The third-order valence-corrected chi connectivity index (χ3v) is 3.95. The molecule has 0 aliphatic rings. The van der Waals surface area contributed by atoms with Crippen LogP contribution in [0.25, 0.3) is 0 Å². The summed E-state index contributed by atoms with van der Waals surface area (Å²) in [6.45, 7) is 0.658. The smallest absolute Gasteiger partial charge is 0.222 e. The Bertz CT molecular complexity index is 659. The Hall–Kier alpha value is -2.56. The van der Waals surface area contributed by atoms with Gasteiger partial charge in [-0.2, -0.15) is 0 Å². The van der Waals surface area contributed by atoms with Gasteiger partial charge in [-0.3, -0.25) is 9.78 Å². The average Bonchev–Trinajstić information content (AvgIpc) is 2.64. The first-order valence-corrected chi connectivity index (χ1v) is 7.99. The van der Waals surface area contributed by atoms with Gasteiger partial charge in [0.05, 0.1) is 14.2 Å². The van der Waals surface area contributed by atoms with E-state index in [1.807, 2.05) is 43.4 Å². The maximum absolute atomic E-state index is 12.3. The van der Waals surface area contributed by atoms with Gasteiger partial charge in [0, 0.05) is 38.3 Å². The Balaban J connectivity index is 1.88. The number of benzene rings is 1. The molecule has 1 heterocycles. The molecule has 1 aromatic carbocycles. The van der Waals surface area contributed by atoms with Crippen LogP contribution in [0.3, 0.4) is 0 Å². The van der Waals surface area contributed by atoms with Crippen molar-refractivity contribution in [2.24, 2.45) is 0 Å². The van der Waals surface area contributed by atoms with Gasteiger partial charge in [0.15, 0.2) is 0 Å². The fraction of sp³-hybridized carbons (Fsp3) is 0.368. The molecule has 5 heteroatoms. The van der Waals surface area contributed by atoms with Crippen LogP contribution < -0.4 is 9.47 Å². The van der Waals surface area contributed by atoms with Gasteiger partial charge >= 0.3 is 0 Å². The molecule has 2 rings (SSSR count). The number of rotatable bonds is 8. The number of hydrogen-bond donors (Lipinski definition) is 0. The molecule has 2 aromatic rings. The second kappa shape index (κ2) is 8.91. The van der Waals surface area contributed by atoms with E-state index in [0.717, 1.165) is 29.2 Å². The summed E-state index contributed by atoms with van der Waals surface area (Å²) in [5, 5.41) is 0. The van der Waals surface area contributed by atoms with E-state index in [0.29, 0.717) is 19.4 Å². The number of aromatic nitrogens is 1. The standard InChI is InChI=1S/C19H24N2O3/c1-21(13-11-16-6-4-5-12-20-16)19(22)10-7-15-14-17(23-2)8-9-18(15)24-3/h4-6,8-9,12,14H,7,10-11,13H2,1-3H3. The van der Waals surface area contributed by atoms with Crippen LogP contribution in [0, 0.1) is 0 Å². The normalized spacial score (nSPS) is 10.3. The quantitative estimate of drug-likeness (QED) is 0.748. The Labute approximate surface area is 143 Å². The lowest BCUT2D eigenvalue weighted by Gasteiger charge is -2.17. The molecule has 24 heavy (non-hydrogen) atoms. The SMILES string of the molecule is COc1ccc(OC)c(CCC(=O)N(C)CCc2ccccn2)c1. The molecular weight excluding hydrogens is 304 g/mol. The van der Waals surface area contributed by atoms with Crippen molar-refractivity contribution >= 4 is 5.91 Å². The second-order valence-corrected chi connectivity index (χ2v) is 5.56. The Morgan fingerprint density at radius 3 is 2.62 bits per heavy atom. The van der Waals surface area contributed by atoms with Crippen LogP contribution in [-0.2, 0) is 17.6 Å². The Morgan fingerprint density at radius 1 is 1.12 bits per heavy atom. The first-order valence-electron chi connectivity index (χ1n) is 7.99. The highest BCUT2D eigenvalue weighted by Gasteiger charge is 2.12. The van der Waals surface area contributed by atoms with E-state index >= 15 is 0 Å². The number of ether oxygens (including phenoxy) is 2. The van der Waals surface area contributed by atoms with Crippen LogP contribution in [0.2, 0.25) is 0 Å². The van der Waals surface area contributed by atoms with Crippen molar-refractivity contribution in [3.63, 3.8) is 0 Å². The summed E-state index contributed by atoms with van der Waals surface area (Å²) in [7, 11) is 5.09. The highest BCUT2D eigenvalue weighted by molar-refractivity contribution is 5.76. The molecule has 0 unspecified atom stereocenters. The number of carbonyl (C=O) groups is 1. The van der Waals surface area contributed by atoms with E-state index in [1.54, 1.807) is 25.3 Å². The molecule has 0 spiro atoms. The number of hydrogen-bond acceptors (Lipinski definition) is 4. The molecule has 5 nitrogen and oxygen atoms in total. The van der Waals surface area contributed by atoms with Gasteiger partial charge in [0.1, 0.15) is 11.5 Å². The molecule has 1 amide bonds. The largest absolute Gasteiger partial charge is 0.497 e. The predicted molar refractivity (Wildman–Crippen MR) is 93.4 cm³/mol. The Morgan fingerprint density at radius 2 is 1.96 bits per heavy atom. The van der Waals surface area contributed by atoms with Gasteiger partial charge in [-0.1, -0.05) is 6.07 Å². The summed E-state index contributed by atoms with van der Waals surface area (Å²) in [5.41, 5.74) is 1.97. The summed E-state index contributed by atoms with van der Waals surface area (Å²) in [6.07, 6.45) is 3.58. The first kappa shape index (κ1) is 17.8. The summed E-state index contributed by atoms with van der Waals surface area (Å²) in [5.74, 6) is 1.65. The first-order chi connectivity index (χ1) is 11.6. The number of pyridine rings is 1. The summed E-state index contributed by atoms with van der Waals surface area (Å²) >= 11 is 0. The maximum Gasteiger partial charge on any atom is 0.222 e. The number of methoxy groups -OCH3 is 2. The molecule has 0 N–H and O–H groups in total. The molecule has 128 valence electrons. The van der Waals surface area contributed by atoms with Crippen LogP contribution in [0.15, 0.2) is 42.6 Å². The third-order valence-electron chi connectivity index (χ3n) is 3.95. The topological polar surface area (TPSA) is 51.7 Å². The van der Waals surface area contributed by atoms with Gasteiger partial charge < -0.3 is 14.4 Å². The van der Waals surface area contributed by atoms with Gasteiger partial charge in [0.25, 0.3) is 0 Å². The number of aryl methyl sites for hydroxylation is 1. The van der Waals surface area contributed by atoms with E-state index in [4.69, 9.17) is 9.47 Å². The lowest BCUT2D eigenvalue weighted by atomic mass is 10.1. The molecule has 0 radical (unpaired) electrons. The van der Waals surface area contributed by atoms with Crippen LogP contribution in [0.4, 0.5) is 0 Å². The van der Waals surface area contributed by atoms with Crippen molar-refractivity contribution in [2.45, 2.75) is 19.3 Å². The molecule has 0 bridgehead atoms. The molecule has 0 saturated heterocycles. The number of nitrogens with zero attached hydrogens (tertiary/aromatic N) is 2. The van der Waals surface area contributed by atoms with Gasteiger partial charge in [-0.15, -0.1) is 0 Å². The monoisotopic (exact) mass is 328 g/mol. The minimum atomic E-state index is 0.107. The lowest BCUT2D eigenvalue weighted by molar-refractivity contribution is -0.129. The van der Waals surface area contributed by atoms with E-state index in [1.165, 1.54) is 0 Å². The summed E-state index contributed by atoms with van der Waals surface area (Å²) in [6, 6.07) is 11.4. The molecule has 0 atom stereocenters. The van der Waals surface area contributed by atoms with E-state index < -0.39 is 0 Å². The number of likely N-dealkylation sites (N-methyl/N-ethyl adjacent to an activating group) is 1. The zero-order chi connectivity index (χ0) is 17.4. The highest BCUT2D eigenvalue weighted by atomic mass is 16.5. The molecular formula is C19H24N2O3. The zero-order valence-electron chi connectivity index (χ0n) is 14.5. The van der Waals surface area contributed by atoms with Gasteiger partial charge in [-0.25, -0.2) is 0 Å². The van der Waals surface area contributed by atoms with Crippen molar-refractivity contribution in [1.82, 2.24) is 9.88 Å². The van der Waals surface area contributed by atoms with Crippen molar-refractivity contribution in [1.29, 1.82) is 0 Å². The third kappa shape index (κ3) is 4.98. The van der Waals surface area contributed by atoms with Crippen LogP contribution in [-0.4, -0.2) is 43.6 Å². The van der Waals surface area contributed by atoms with Crippen LogP contribution >= 0.6 is 0 Å². The maximum atomic E-state index is 12.3. The van der Waals surface area contributed by atoms with Crippen LogP contribution in [0.1, 0.15) is 17.7 Å². The van der Waals surface area contributed by atoms with Gasteiger partial charge in [0.2, 0.25) is 5.91 Å². The summed E-state index contributed by atoms with van der Waals surface area (Å²) in [4.78, 5) is 18.4. The molecule has 0 aliphatic heterocycles. The molecule has 0 saturated carbocycles. The van der Waals surface area contributed by atoms with E-state index in [9.17, 15) is 4.79 Å². The predicted octanol–water partition coefficient (Wildman–Crippen LogP) is 2.73. The van der Waals surface area contributed by atoms with E-state index in [2.05, 4.69) is 4.98 Å².